The maximum Gasteiger partial charge on any atom is 0.409 e. The lowest BCUT2D eigenvalue weighted by Crippen LogP contribution is -2.50. The Kier molecular flexibility index (Phi) is 5.77. The Morgan fingerprint density at radius 2 is 1.64 bits per heavy atom. The maximum atomic E-state index is 12.7. The van der Waals surface area contributed by atoms with Gasteiger partial charge in [0.25, 0.3) is 5.91 Å². The molecule has 0 bridgehead atoms. The molecule has 1 aliphatic rings. The molecule has 2 aromatic rings. The average Bonchev–Trinajstić information content (AvgIpc) is 3.09. The predicted octanol–water partition coefficient (Wildman–Crippen LogP) is 2.20. The van der Waals surface area contributed by atoms with E-state index in [4.69, 9.17) is 4.74 Å². The number of aromatic nitrogens is 2. The number of ketones is 1. The summed E-state index contributed by atoms with van der Waals surface area (Å²) in [5, 5.41) is 4.16. The van der Waals surface area contributed by atoms with Crippen LogP contribution in [-0.2, 0) is 11.8 Å². The van der Waals surface area contributed by atoms with Gasteiger partial charge in [-0.2, -0.15) is 5.10 Å². The van der Waals surface area contributed by atoms with Gasteiger partial charge in [-0.1, -0.05) is 12.1 Å². The van der Waals surface area contributed by atoms with E-state index in [9.17, 15) is 14.4 Å². The fourth-order valence-corrected chi connectivity index (χ4v) is 3.35. The van der Waals surface area contributed by atoms with Crippen molar-refractivity contribution in [3.63, 3.8) is 0 Å². The van der Waals surface area contributed by atoms with Gasteiger partial charge in [-0.15, -0.1) is 0 Å². The Bertz CT molecular complexity index is 880. The van der Waals surface area contributed by atoms with E-state index in [1.165, 1.54) is 6.92 Å². The third-order valence-corrected chi connectivity index (χ3v) is 4.81. The zero-order valence-electron chi connectivity index (χ0n) is 16.3. The third-order valence-electron chi connectivity index (χ3n) is 4.81. The molecule has 0 atom stereocenters. The first kappa shape index (κ1) is 19.6. The summed E-state index contributed by atoms with van der Waals surface area (Å²) >= 11 is 0. The topological polar surface area (TPSA) is 84.7 Å². The lowest BCUT2D eigenvalue weighted by molar-refractivity contribution is 0.0570. The second-order valence-corrected chi connectivity index (χ2v) is 6.64. The molecule has 148 valence electrons. The highest BCUT2D eigenvalue weighted by molar-refractivity contribution is 5.99. The molecule has 28 heavy (non-hydrogen) atoms. The van der Waals surface area contributed by atoms with E-state index in [-0.39, 0.29) is 17.8 Å². The van der Waals surface area contributed by atoms with Crippen LogP contribution in [0.4, 0.5) is 4.79 Å². The molecule has 0 N–H and O–H groups in total. The highest BCUT2D eigenvalue weighted by Crippen LogP contribution is 2.24. The second-order valence-electron chi connectivity index (χ2n) is 6.64. The van der Waals surface area contributed by atoms with Crippen molar-refractivity contribution in [3.05, 3.63) is 41.7 Å². The molecule has 0 radical (unpaired) electrons. The first-order chi connectivity index (χ1) is 13.4. The lowest BCUT2D eigenvalue weighted by atomic mass is 10.0. The van der Waals surface area contributed by atoms with Crippen LogP contribution in [0, 0.1) is 0 Å². The molecule has 1 fully saturated rings. The zero-order chi connectivity index (χ0) is 20.3. The van der Waals surface area contributed by atoms with Gasteiger partial charge in [0.15, 0.2) is 5.78 Å². The highest BCUT2D eigenvalue weighted by atomic mass is 16.6. The lowest BCUT2D eigenvalue weighted by Gasteiger charge is -2.34. The summed E-state index contributed by atoms with van der Waals surface area (Å²) in [5.41, 5.74) is 2.69. The number of carbonyl (C=O) groups is 3. The fraction of sp³-hybridized carbons (Fsp3) is 0.400. The van der Waals surface area contributed by atoms with Gasteiger partial charge in [-0.3, -0.25) is 14.3 Å². The number of Topliss-reactive ketones (excluding diaryl/α,β-unsaturated/α-hetero) is 1. The van der Waals surface area contributed by atoms with Crippen molar-refractivity contribution in [2.75, 3.05) is 32.8 Å². The van der Waals surface area contributed by atoms with Crippen LogP contribution in [0.2, 0.25) is 0 Å². The van der Waals surface area contributed by atoms with Gasteiger partial charge in [0.05, 0.1) is 12.8 Å². The Morgan fingerprint density at radius 3 is 2.21 bits per heavy atom. The van der Waals surface area contributed by atoms with Crippen LogP contribution in [-0.4, -0.2) is 70.1 Å². The van der Waals surface area contributed by atoms with Gasteiger partial charge in [-0.25, -0.2) is 4.79 Å². The molecule has 2 amide bonds. The molecular weight excluding hydrogens is 360 g/mol. The smallest absolute Gasteiger partial charge is 0.409 e. The van der Waals surface area contributed by atoms with Gasteiger partial charge in [0.1, 0.15) is 5.69 Å². The number of ether oxygens (including phenoxy) is 1. The Morgan fingerprint density at radius 1 is 1.04 bits per heavy atom. The van der Waals surface area contributed by atoms with Crippen LogP contribution < -0.4 is 0 Å². The van der Waals surface area contributed by atoms with Gasteiger partial charge < -0.3 is 14.5 Å². The summed E-state index contributed by atoms with van der Waals surface area (Å²) in [4.78, 5) is 39.7. The molecular formula is C20H24N4O4. The second kappa shape index (κ2) is 8.24. The van der Waals surface area contributed by atoms with Crippen molar-refractivity contribution < 1.29 is 19.1 Å². The minimum Gasteiger partial charge on any atom is -0.450 e. The monoisotopic (exact) mass is 384 g/mol. The molecule has 0 spiro atoms. The van der Waals surface area contributed by atoms with E-state index in [0.717, 1.165) is 11.1 Å². The molecule has 0 aliphatic carbocycles. The molecule has 1 saturated heterocycles. The molecule has 8 nitrogen and oxygen atoms in total. The summed E-state index contributed by atoms with van der Waals surface area (Å²) in [6.45, 7) is 5.47. The summed E-state index contributed by atoms with van der Waals surface area (Å²) < 4.78 is 6.55. The number of piperazine rings is 1. The Balaban J connectivity index is 1.68. The van der Waals surface area contributed by atoms with Gasteiger partial charge in [-0.05, 0) is 24.6 Å². The Labute approximate surface area is 163 Å². The molecule has 1 aromatic carbocycles. The van der Waals surface area contributed by atoms with Crippen LogP contribution in [0.5, 0.6) is 0 Å². The van der Waals surface area contributed by atoms with Crippen molar-refractivity contribution >= 4 is 17.8 Å². The SMILES string of the molecule is CCOC(=O)N1CCN(C(=O)c2ccc(-c3cnn(C)c3C(C)=O)cc2)CC1. The summed E-state index contributed by atoms with van der Waals surface area (Å²) in [7, 11) is 1.73. The molecule has 1 aliphatic heterocycles. The largest absolute Gasteiger partial charge is 0.450 e. The van der Waals surface area contributed by atoms with Crippen LogP contribution in [0.25, 0.3) is 11.1 Å². The highest BCUT2D eigenvalue weighted by Gasteiger charge is 2.25. The molecule has 0 unspecified atom stereocenters. The number of hydrogen-bond donors (Lipinski definition) is 0. The number of nitrogens with zero attached hydrogens (tertiary/aromatic N) is 4. The standard InChI is InChI=1S/C20H24N4O4/c1-4-28-20(27)24-11-9-23(10-12-24)19(26)16-7-5-15(6-8-16)17-13-21-22(3)18(17)14(2)25/h5-8,13H,4,9-12H2,1-3H3. The number of amides is 2. The van der Waals surface area contributed by atoms with Crippen LogP contribution >= 0.6 is 0 Å². The third kappa shape index (κ3) is 3.90. The summed E-state index contributed by atoms with van der Waals surface area (Å²) in [5.74, 6) is -0.136. The molecule has 2 heterocycles. The first-order valence-electron chi connectivity index (χ1n) is 9.26. The molecule has 3 rings (SSSR count). The average molecular weight is 384 g/mol. The minimum absolute atomic E-state index is 0.0605. The van der Waals surface area contributed by atoms with E-state index in [2.05, 4.69) is 5.10 Å². The molecule has 0 saturated carbocycles. The van der Waals surface area contributed by atoms with E-state index >= 15 is 0 Å². The van der Waals surface area contributed by atoms with E-state index in [1.54, 1.807) is 46.8 Å². The van der Waals surface area contributed by atoms with Crippen molar-refractivity contribution in [2.24, 2.45) is 7.05 Å². The van der Waals surface area contributed by atoms with Crippen LogP contribution in [0.15, 0.2) is 30.5 Å². The first-order valence-corrected chi connectivity index (χ1v) is 9.26. The quantitative estimate of drug-likeness (QED) is 0.755. The predicted molar refractivity (Wildman–Crippen MR) is 103 cm³/mol. The molecule has 8 heteroatoms. The number of carbonyl (C=O) groups excluding carboxylic acids is 3. The van der Waals surface area contributed by atoms with Crippen molar-refractivity contribution in [2.45, 2.75) is 13.8 Å². The van der Waals surface area contributed by atoms with Crippen molar-refractivity contribution in [1.29, 1.82) is 0 Å². The normalized spacial score (nSPS) is 14.1. The summed E-state index contributed by atoms with van der Waals surface area (Å²) in [6, 6.07) is 7.16. The number of rotatable bonds is 4. The Hall–Kier alpha value is -3.16. The van der Waals surface area contributed by atoms with Crippen molar-refractivity contribution in [1.82, 2.24) is 19.6 Å². The summed E-state index contributed by atoms with van der Waals surface area (Å²) in [6.07, 6.45) is 1.32. The van der Waals surface area contributed by atoms with Gasteiger partial charge in [0.2, 0.25) is 0 Å². The number of benzene rings is 1. The zero-order valence-corrected chi connectivity index (χ0v) is 16.3. The van der Waals surface area contributed by atoms with Crippen LogP contribution in [0.1, 0.15) is 34.7 Å². The van der Waals surface area contributed by atoms with Crippen molar-refractivity contribution in [3.8, 4) is 11.1 Å². The maximum absolute atomic E-state index is 12.7. The van der Waals surface area contributed by atoms with E-state index in [0.29, 0.717) is 44.0 Å². The minimum atomic E-state index is -0.336. The number of aryl methyl sites for hydroxylation is 1. The van der Waals surface area contributed by atoms with Crippen LogP contribution in [0.3, 0.4) is 0 Å². The number of hydrogen-bond acceptors (Lipinski definition) is 5. The van der Waals surface area contributed by atoms with E-state index in [1.807, 2.05) is 12.1 Å². The van der Waals surface area contributed by atoms with E-state index < -0.39 is 0 Å². The van der Waals surface area contributed by atoms with Gasteiger partial charge in [0, 0.05) is 51.3 Å². The molecule has 1 aromatic heterocycles. The fourth-order valence-electron chi connectivity index (χ4n) is 3.35. The van der Waals surface area contributed by atoms with Gasteiger partial charge >= 0.3 is 6.09 Å².